The van der Waals surface area contributed by atoms with E-state index in [-0.39, 0.29) is 29.9 Å². The van der Waals surface area contributed by atoms with Crippen LogP contribution in [0.1, 0.15) is 18.4 Å². The Morgan fingerprint density at radius 2 is 1.95 bits per heavy atom. The second-order valence-corrected chi connectivity index (χ2v) is 5.81. The maximum atomic E-state index is 11.7. The number of ketones is 1. The molecule has 1 rings (SSSR count). The third kappa shape index (κ3) is 5.08. The first-order valence-corrected chi connectivity index (χ1v) is 7.27. The summed E-state index contributed by atoms with van der Waals surface area (Å²) < 4.78 is 30.8. The number of primary amides is 1. The summed E-state index contributed by atoms with van der Waals surface area (Å²) >= 11 is 0. The zero-order valence-corrected chi connectivity index (χ0v) is 11.5. The number of carbonyl (C=O) groups excluding carboxylic acids is 2. The zero-order valence-electron chi connectivity index (χ0n) is 10.7. The van der Waals surface area contributed by atoms with Crippen LogP contribution in [0.3, 0.4) is 0 Å². The highest BCUT2D eigenvalue weighted by Gasteiger charge is 2.14. The van der Waals surface area contributed by atoms with Gasteiger partial charge in [-0.1, -0.05) is 12.1 Å². The molecule has 0 fully saturated rings. The van der Waals surface area contributed by atoms with Gasteiger partial charge in [-0.2, -0.15) is 8.42 Å². The van der Waals surface area contributed by atoms with E-state index in [0.29, 0.717) is 5.56 Å². The van der Waals surface area contributed by atoms with E-state index in [9.17, 15) is 18.0 Å². The van der Waals surface area contributed by atoms with Gasteiger partial charge in [0.05, 0.1) is 10.9 Å². The highest BCUT2D eigenvalue weighted by atomic mass is 32.2. The Balaban J connectivity index is 2.65. The van der Waals surface area contributed by atoms with Gasteiger partial charge in [0, 0.05) is 12.8 Å². The van der Waals surface area contributed by atoms with Gasteiger partial charge in [0.15, 0.2) is 0 Å². The summed E-state index contributed by atoms with van der Waals surface area (Å²) in [5.74, 6) is -0.875. The van der Waals surface area contributed by atoms with E-state index in [0.717, 1.165) is 0 Å². The molecule has 0 bridgehead atoms. The number of hydrogen-bond donors (Lipinski definition) is 3. The van der Waals surface area contributed by atoms with Crippen LogP contribution < -0.4 is 11.5 Å². The molecule has 0 heterocycles. The van der Waals surface area contributed by atoms with E-state index in [1.54, 1.807) is 6.07 Å². The fraction of sp³-hybridized carbons (Fsp3) is 0.333. The number of benzene rings is 1. The maximum Gasteiger partial charge on any atom is 0.294 e. The number of rotatable bonds is 7. The minimum absolute atomic E-state index is 0.00512. The number of carbonyl (C=O) groups is 2. The van der Waals surface area contributed by atoms with E-state index in [1.807, 2.05) is 0 Å². The highest BCUT2D eigenvalue weighted by Crippen LogP contribution is 2.12. The largest absolute Gasteiger partial charge is 0.368 e. The summed E-state index contributed by atoms with van der Waals surface area (Å²) in [5, 5.41) is 0. The molecule has 1 aromatic carbocycles. The fourth-order valence-electron chi connectivity index (χ4n) is 1.59. The van der Waals surface area contributed by atoms with Gasteiger partial charge < -0.3 is 11.5 Å². The summed E-state index contributed by atoms with van der Waals surface area (Å²) in [6.07, 6.45) is 0.210. The van der Waals surface area contributed by atoms with E-state index < -0.39 is 22.1 Å². The summed E-state index contributed by atoms with van der Waals surface area (Å²) in [4.78, 5) is 22.1. The van der Waals surface area contributed by atoms with Gasteiger partial charge in [0.2, 0.25) is 5.91 Å². The smallest absolute Gasteiger partial charge is 0.294 e. The van der Waals surface area contributed by atoms with Crippen molar-refractivity contribution in [2.24, 2.45) is 11.5 Å². The van der Waals surface area contributed by atoms with Crippen LogP contribution in [0.5, 0.6) is 0 Å². The Morgan fingerprint density at radius 3 is 2.50 bits per heavy atom. The van der Waals surface area contributed by atoms with Gasteiger partial charge in [0.25, 0.3) is 10.1 Å². The van der Waals surface area contributed by atoms with E-state index in [4.69, 9.17) is 16.0 Å². The summed E-state index contributed by atoms with van der Waals surface area (Å²) in [7, 11) is -4.29. The third-order valence-electron chi connectivity index (χ3n) is 2.70. The van der Waals surface area contributed by atoms with Crippen LogP contribution in [0, 0.1) is 0 Å². The first-order chi connectivity index (χ1) is 9.20. The van der Waals surface area contributed by atoms with Crippen LogP contribution in [-0.4, -0.2) is 30.7 Å². The molecular formula is C12H16N2O5S. The van der Waals surface area contributed by atoms with Crippen LogP contribution in [0.25, 0.3) is 0 Å². The Morgan fingerprint density at radius 1 is 1.30 bits per heavy atom. The molecule has 110 valence electrons. The molecule has 0 spiro atoms. The average molecular weight is 300 g/mol. The molecule has 0 aliphatic heterocycles. The first-order valence-electron chi connectivity index (χ1n) is 5.83. The number of amides is 1. The van der Waals surface area contributed by atoms with Crippen molar-refractivity contribution in [3.8, 4) is 0 Å². The fourth-order valence-corrected chi connectivity index (χ4v) is 2.14. The normalized spacial score (nSPS) is 12.9. The van der Waals surface area contributed by atoms with Gasteiger partial charge in [-0.05, 0) is 24.1 Å². The summed E-state index contributed by atoms with van der Waals surface area (Å²) in [6, 6.07) is 4.58. The molecule has 8 heteroatoms. The molecule has 7 nitrogen and oxygen atoms in total. The molecule has 0 aliphatic rings. The van der Waals surface area contributed by atoms with Crippen molar-refractivity contribution >= 4 is 21.8 Å². The first kappa shape index (κ1) is 16.3. The lowest BCUT2D eigenvalue weighted by Crippen LogP contribution is -2.36. The number of Topliss-reactive ketones (excluding diaryl/α,β-unsaturated/α-hetero) is 1. The van der Waals surface area contributed by atoms with Crippen molar-refractivity contribution in [1.29, 1.82) is 0 Å². The Labute approximate surface area is 116 Å². The minimum Gasteiger partial charge on any atom is -0.368 e. The molecule has 1 amide bonds. The number of nitrogens with two attached hydrogens (primary N) is 2. The zero-order chi connectivity index (χ0) is 15.3. The van der Waals surface area contributed by atoms with Crippen molar-refractivity contribution in [2.75, 3.05) is 0 Å². The van der Waals surface area contributed by atoms with Crippen LogP contribution in [0.4, 0.5) is 0 Å². The highest BCUT2D eigenvalue weighted by molar-refractivity contribution is 7.85. The monoisotopic (exact) mass is 300 g/mol. The lowest BCUT2D eigenvalue weighted by molar-refractivity contribution is -0.120. The van der Waals surface area contributed by atoms with Gasteiger partial charge in [0.1, 0.15) is 5.78 Å². The predicted octanol–water partition coefficient (Wildman–Crippen LogP) is -0.362. The average Bonchev–Trinajstić information content (AvgIpc) is 2.35. The van der Waals surface area contributed by atoms with Crippen molar-refractivity contribution in [3.63, 3.8) is 0 Å². The van der Waals surface area contributed by atoms with Crippen molar-refractivity contribution in [1.82, 2.24) is 0 Å². The van der Waals surface area contributed by atoms with Crippen LogP contribution in [0.15, 0.2) is 29.2 Å². The molecular weight excluding hydrogens is 284 g/mol. The molecule has 1 aromatic rings. The molecule has 0 saturated carbocycles. The quantitative estimate of drug-likeness (QED) is 0.587. The van der Waals surface area contributed by atoms with E-state index >= 15 is 0 Å². The molecule has 0 aliphatic carbocycles. The Hall–Kier alpha value is -1.77. The van der Waals surface area contributed by atoms with Crippen molar-refractivity contribution in [2.45, 2.75) is 30.2 Å². The Kier molecular flexibility index (Phi) is 5.37. The lowest BCUT2D eigenvalue weighted by atomic mass is 10.0. The van der Waals surface area contributed by atoms with Gasteiger partial charge in [-0.15, -0.1) is 0 Å². The van der Waals surface area contributed by atoms with Gasteiger partial charge in [-0.3, -0.25) is 14.1 Å². The SMILES string of the molecule is NC(=O)[C@@H](N)CCC(=O)Cc1cccc(S(=O)(=O)O)c1. The molecule has 0 saturated heterocycles. The standard InChI is InChI=1S/C12H16N2O5S/c13-11(12(14)16)5-4-9(15)6-8-2-1-3-10(7-8)20(17,18)19/h1-3,7,11H,4-6,13H2,(H2,14,16)(H,17,18,19)/t11-/m0/s1. The third-order valence-corrected chi connectivity index (χ3v) is 3.55. The van der Waals surface area contributed by atoms with E-state index in [1.165, 1.54) is 18.2 Å². The van der Waals surface area contributed by atoms with Gasteiger partial charge >= 0.3 is 0 Å². The van der Waals surface area contributed by atoms with Crippen LogP contribution in [0.2, 0.25) is 0 Å². The number of hydrogen-bond acceptors (Lipinski definition) is 5. The maximum absolute atomic E-state index is 11.7. The van der Waals surface area contributed by atoms with Crippen molar-refractivity contribution < 1.29 is 22.6 Å². The minimum atomic E-state index is -4.29. The summed E-state index contributed by atoms with van der Waals surface area (Å²) in [5.41, 5.74) is 10.8. The van der Waals surface area contributed by atoms with Crippen LogP contribution in [-0.2, 0) is 26.1 Å². The van der Waals surface area contributed by atoms with Crippen LogP contribution >= 0.6 is 0 Å². The second-order valence-electron chi connectivity index (χ2n) is 4.39. The Bertz CT molecular complexity index is 612. The predicted molar refractivity (Wildman–Crippen MR) is 71.4 cm³/mol. The molecule has 1 atom stereocenters. The van der Waals surface area contributed by atoms with Crippen molar-refractivity contribution in [3.05, 3.63) is 29.8 Å². The molecule has 5 N–H and O–H groups in total. The molecule has 0 aromatic heterocycles. The molecule has 0 unspecified atom stereocenters. The second kappa shape index (κ2) is 6.60. The summed E-state index contributed by atoms with van der Waals surface area (Å²) in [6.45, 7) is 0. The van der Waals surface area contributed by atoms with E-state index in [2.05, 4.69) is 0 Å². The topological polar surface area (TPSA) is 141 Å². The van der Waals surface area contributed by atoms with Gasteiger partial charge in [-0.25, -0.2) is 0 Å². The molecule has 0 radical (unpaired) electrons. The lowest BCUT2D eigenvalue weighted by Gasteiger charge is -2.07. The molecule has 20 heavy (non-hydrogen) atoms.